The first-order valence-corrected chi connectivity index (χ1v) is 7.73. The number of aromatic nitrogens is 1. The molecule has 4 nitrogen and oxygen atoms in total. The maximum atomic E-state index is 13.9. The van der Waals surface area contributed by atoms with Gasteiger partial charge in [-0.25, -0.2) is 8.78 Å². The van der Waals surface area contributed by atoms with E-state index in [-0.39, 0.29) is 22.6 Å². The van der Waals surface area contributed by atoms with Crippen LogP contribution in [-0.4, -0.2) is 10.7 Å². The van der Waals surface area contributed by atoms with Crippen LogP contribution >= 0.6 is 12.6 Å². The Hall–Kier alpha value is -2.93. The zero-order valence-electron chi connectivity index (χ0n) is 12.8. The molecule has 0 fully saturated rings. The highest BCUT2D eigenvalue weighted by Crippen LogP contribution is 2.25. The minimum atomic E-state index is -0.794. The Morgan fingerprint density at radius 3 is 2.32 bits per heavy atom. The predicted molar refractivity (Wildman–Crippen MR) is 96.3 cm³/mol. The molecule has 0 saturated heterocycles. The number of hydrogen-bond acceptors (Lipinski definition) is 4. The highest BCUT2D eigenvalue weighted by molar-refractivity contribution is 7.80. The average Bonchev–Trinajstić information content (AvgIpc) is 2.58. The van der Waals surface area contributed by atoms with Crippen molar-refractivity contribution in [3.8, 4) is 0 Å². The van der Waals surface area contributed by atoms with E-state index in [2.05, 4.69) is 22.9 Å². The van der Waals surface area contributed by atoms with Gasteiger partial charge >= 0.3 is 0 Å². The van der Waals surface area contributed by atoms with Crippen molar-refractivity contribution in [3.05, 3.63) is 87.8 Å². The number of anilines is 2. The van der Waals surface area contributed by atoms with Crippen LogP contribution in [-0.2, 0) is 0 Å². The molecular weight excluding hydrogens is 344 g/mol. The molecule has 7 heteroatoms. The maximum absolute atomic E-state index is 13.9. The summed E-state index contributed by atoms with van der Waals surface area (Å²) in [5.74, 6) is -1.59. The number of nitrogens with one attached hydrogen (secondary N) is 3. The van der Waals surface area contributed by atoms with Crippen LogP contribution in [0.4, 0.5) is 20.2 Å². The van der Waals surface area contributed by atoms with Gasteiger partial charge in [-0.3, -0.25) is 10.2 Å². The molecule has 3 N–H and O–H groups in total. The Labute approximate surface area is 147 Å². The number of H-pyrrole nitrogens is 1. The summed E-state index contributed by atoms with van der Waals surface area (Å²) in [4.78, 5) is 15.4. The van der Waals surface area contributed by atoms with Gasteiger partial charge in [-0.05, 0) is 30.3 Å². The summed E-state index contributed by atoms with van der Waals surface area (Å²) in [7, 11) is 0. The van der Waals surface area contributed by atoms with Crippen molar-refractivity contribution in [2.75, 3.05) is 5.32 Å². The fourth-order valence-electron chi connectivity index (χ4n) is 2.36. The zero-order chi connectivity index (χ0) is 18.0. The summed E-state index contributed by atoms with van der Waals surface area (Å²) in [5.41, 5.74) is -0.402. The van der Waals surface area contributed by atoms with Crippen LogP contribution in [0, 0.1) is 17.0 Å². The lowest BCUT2D eigenvalue weighted by Gasteiger charge is -2.13. The Bertz CT molecular complexity index is 980. The van der Waals surface area contributed by atoms with Gasteiger partial charge in [0, 0.05) is 16.7 Å². The van der Waals surface area contributed by atoms with Crippen LogP contribution < -0.4 is 10.9 Å². The molecule has 0 saturated carbocycles. The van der Waals surface area contributed by atoms with Crippen LogP contribution in [0.2, 0.25) is 0 Å². The van der Waals surface area contributed by atoms with Gasteiger partial charge in [-0.2, -0.15) is 0 Å². The van der Waals surface area contributed by atoms with Gasteiger partial charge in [-0.1, -0.05) is 18.2 Å². The molecule has 0 atom stereocenters. The zero-order valence-corrected chi connectivity index (χ0v) is 13.7. The van der Waals surface area contributed by atoms with E-state index in [1.54, 1.807) is 24.3 Å². The molecule has 0 amide bonds. The molecule has 0 spiro atoms. The monoisotopic (exact) mass is 357 g/mol. The molecule has 0 aliphatic heterocycles. The topological polar surface area (TPSA) is 68.7 Å². The predicted octanol–water partition coefficient (Wildman–Crippen LogP) is 4.10. The first-order chi connectivity index (χ1) is 12.0. The summed E-state index contributed by atoms with van der Waals surface area (Å²) in [6, 6.07) is 11.6. The molecule has 25 heavy (non-hydrogen) atoms. The van der Waals surface area contributed by atoms with E-state index in [4.69, 9.17) is 5.41 Å². The van der Waals surface area contributed by atoms with Crippen molar-refractivity contribution in [2.45, 2.75) is 4.90 Å². The number of pyridine rings is 1. The van der Waals surface area contributed by atoms with Crippen LogP contribution in [0.15, 0.2) is 64.4 Å². The van der Waals surface area contributed by atoms with Crippen molar-refractivity contribution in [2.24, 2.45) is 0 Å². The lowest BCUT2D eigenvalue weighted by atomic mass is 10.0. The summed E-state index contributed by atoms with van der Waals surface area (Å²) in [6.45, 7) is 0. The SMILES string of the molecule is N=C(c1ccc(S)cc1)c1c(Nc2c(F)cccc2F)cc[nH]c1=O. The number of aromatic amines is 1. The third-order valence-electron chi connectivity index (χ3n) is 3.59. The van der Waals surface area contributed by atoms with Gasteiger partial charge in [-0.15, -0.1) is 12.6 Å². The number of thiol groups is 1. The highest BCUT2D eigenvalue weighted by atomic mass is 32.1. The first kappa shape index (κ1) is 16.9. The van der Waals surface area contributed by atoms with E-state index in [9.17, 15) is 13.6 Å². The number of rotatable bonds is 4. The second-order valence-corrected chi connectivity index (χ2v) is 5.76. The second kappa shape index (κ2) is 6.90. The minimum Gasteiger partial charge on any atom is -0.350 e. The van der Waals surface area contributed by atoms with Crippen LogP contribution in [0.5, 0.6) is 0 Å². The lowest BCUT2D eigenvalue weighted by Crippen LogP contribution is -2.20. The molecule has 0 aliphatic rings. The molecule has 0 aliphatic carbocycles. The quantitative estimate of drug-likeness (QED) is 0.419. The van der Waals surface area contributed by atoms with Crippen molar-refractivity contribution in [1.82, 2.24) is 4.98 Å². The van der Waals surface area contributed by atoms with Crippen LogP contribution in [0.3, 0.4) is 0 Å². The van der Waals surface area contributed by atoms with E-state index in [1.807, 2.05) is 0 Å². The Morgan fingerprint density at radius 1 is 1.04 bits per heavy atom. The van der Waals surface area contributed by atoms with Crippen molar-refractivity contribution >= 4 is 29.7 Å². The number of para-hydroxylation sites is 1. The van der Waals surface area contributed by atoms with Gasteiger partial charge in [0.25, 0.3) is 5.56 Å². The van der Waals surface area contributed by atoms with Gasteiger partial charge in [0.2, 0.25) is 0 Å². The molecule has 0 unspecified atom stereocenters. The van der Waals surface area contributed by atoms with Gasteiger partial charge in [0.1, 0.15) is 17.3 Å². The number of hydrogen-bond donors (Lipinski definition) is 4. The average molecular weight is 357 g/mol. The molecule has 3 rings (SSSR count). The Morgan fingerprint density at radius 2 is 1.68 bits per heavy atom. The van der Waals surface area contributed by atoms with E-state index in [0.717, 1.165) is 12.1 Å². The Kier molecular flexibility index (Phi) is 4.67. The molecule has 3 aromatic rings. The molecule has 0 bridgehead atoms. The van der Waals surface area contributed by atoms with Gasteiger partial charge in [0.05, 0.1) is 17.0 Å². The Balaban J connectivity index is 2.08. The van der Waals surface area contributed by atoms with Crippen molar-refractivity contribution in [1.29, 1.82) is 5.41 Å². The van der Waals surface area contributed by atoms with Crippen LogP contribution in [0.1, 0.15) is 11.1 Å². The lowest BCUT2D eigenvalue weighted by molar-refractivity contribution is 0.591. The van der Waals surface area contributed by atoms with Crippen molar-refractivity contribution < 1.29 is 8.78 Å². The van der Waals surface area contributed by atoms with Crippen molar-refractivity contribution in [3.63, 3.8) is 0 Å². The molecule has 0 radical (unpaired) electrons. The number of halogens is 2. The minimum absolute atomic E-state index is 0.0166. The highest BCUT2D eigenvalue weighted by Gasteiger charge is 2.17. The third-order valence-corrected chi connectivity index (χ3v) is 3.89. The maximum Gasteiger partial charge on any atom is 0.259 e. The summed E-state index contributed by atoms with van der Waals surface area (Å²) in [6.07, 6.45) is 1.34. The van der Waals surface area contributed by atoms with E-state index in [1.165, 1.54) is 18.3 Å². The molecular formula is C18H13F2N3OS. The van der Waals surface area contributed by atoms with E-state index < -0.39 is 17.2 Å². The van der Waals surface area contributed by atoms with E-state index in [0.29, 0.717) is 10.5 Å². The summed E-state index contributed by atoms with van der Waals surface area (Å²) >= 11 is 4.18. The normalized spacial score (nSPS) is 10.5. The molecule has 2 aromatic carbocycles. The fraction of sp³-hybridized carbons (Fsp3) is 0. The standard InChI is InChI=1S/C18H13F2N3OS/c19-12-2-1-3-13(20)17(12)23-14-8-9-22-18(24)15(14)16(21)10-4-6-11(25)7-5-10/h1-9,21,25H,(H2,22,23,24). The first-order valence-electron chi connectivity index (χ1n) is 7.28. The smallest absolute Gasteiger partial charge is 0.259 e. The largest absolute Gasteiger partial charge is 0.350 e. The fourth-order valence-corrected chi connectivity index (χ4v) is 2.50. The van der Waals surface area contributed by atoms with E-state index >= 15 is 0 Å². The second-order valence-electron chi connectivity index (χ2n) is 5.24. The van der Waals surface area contributed by atoms with Gasteiger partial charge < -0.3 is 10.3 Å². The van der Waals surface area contributed by atoms with Crippen LogP contribution in [0.25, 0.3) is 0 Å². The number of benzene rings is 2. The molecule has 126 valence electrons. The third kappa shape index (κ3) is 3.46. The summed E-state index contributed by atoms with van der Waals surface area (Å²) in [5, 5.41) is 10.9. The molecule has 1 heterocycles. The van der Waals surface area contributed by atoms with Gasteiger partial charge in [0.15, 0.2) is 0 Å². The molecule has 1 aromatic heterocycles. The summed E-state index contributed by atoms with van der Waals surface area (Å²) < 4.78 is 27.8.